The summed E-state index contributed by atoms with van der Waals surface area (Å²) in [5.74, 6) is -0.570. The number of nitrogens with one attached hydrogen (secondary N) is 1. The van der Waals surface area contributed by atoms with Crippen LogP contribution in [0.5, 0.6) is 0 Å². The van der Waals surface area contributed by atoms with Crippen LogP contribution >= 0.6 is 0 Å². The van der Waals surface area contributed by atoms with Gasteiger partial charge in [0.1, 0.15) is 0 Å². The van der Waals surface area contributed by atoms with E-state index in [0.717, 1.165) is 17.9 Å². The Balaban J connectivity index is 1.91. The normalized spacial score (nSPS) is 22.0. The molecule has 1 saturated heterocycles. The Kier molecular flexibility index (Phi) is 3.99. The Morgan fingerprint density at radius 2 is 1.91 bits per heavy atom. The zero-order valence-electron chi connectivity index (χ0n) is 13.1. The lowest BCUT2D eigenvalue weighted by Gasteiger charge is -2.17. The van der Waals surface area contributed by atoms with Crippen molar-refractivity contribution in [1.82, 2.24) is 14.5 Å². The van der Waals surface area contributed by atoms with Gasteiger partial charge in [0, 0.05) is 20.1 Å². The van der Waals surface area contributed by atoms with Gasteiger partial charge < -0.3 is 5.32 Å². The molecule has 2 aliphatic heterocycles. The number of carbonyl (C=O) groups excluding carboxylic acids is 2. The molecule has 0 radical (unpaired) electrons. The molecule has 3 rings (SSSR count). The molecule has 1 atom stereocenters. The minimum absolute atomic E-state index is 0.0674. The minimum atomic E-state index is -3.65. The monoisotopic (exact) mass is 337 g/mol. The van der Waals surface area contributed by atoms with Crippen LogP contribution in [0.1, 0.15) is 27.1 Å². The smallest absolute Gasteiger partial charge is 0.261 e. The highest BCUT2D eigenvalue weighted by Crippen LogP contribution is 2.28. The third-order valence-electron chi connectivity index (χ3n) is 4.44. The van der Waals surface area contributed by atoms with E-state index in [1.54, 1.807) is 0 Å². The average Bonchev–Trinajstić information content (AvgIpc) is 3.08. The summed E-state index contributed by atoms with van der Waals surface area (Å²) < 4.78 is 26.9. The summed E-state index contributed by atoms with van der Waals surface area (Å²) in [4.78, 5) is 25.0. The van der Waals surface area contributed by atoms with Crippen molar-refractivity contribution in [1.29, 1.82) is 0 Å². The lowest BCUT2D eigenvalue weighted by molar-refractivity contribution is 0.0693. The van der Waals surface area contributed by atoms with Crippen LogP contribution in [0.25, 0.3) is 0 Å². The maximum atomic E-state index is 12.7. The molecule has 0 aromatic heterocycles. The Morgan fingerprint density at radius 1 is 1.22 bits per heavy atom. The second-order valence-electron chi connectivity index (χ2n) is 5.95. The van der Waals surface area contributed by atoms with Gasteiger partial charge in [-0.1, -0.05) is 0 Å². The van der Waals surface area contributed by atoms with Crippen molar-refractivity contribution in [3.8, 4) is 0 Å². The molecule has 0 saturated carbocycles. The molecule has 2 amide bonds. The van der Waals surface area contributed by atoms with E-state index < -0.39 is 21.8 Å². The minimum Gasteiger partial charge on any atom is -0.319 e. The third-order valence-corrected chi connectivity index (χ3v) is 6.30. The lowest BCUT2D eigenvalue weighted by Crippen LogP contribution is -2.30. The van der Waals surface area contributed by atoms with Crippen molar-refractivity contribution >= 4 is 21.8 Å². The van der Waals surface area contributed by atoms with Crippen LogP contribution < -0.4 is 5.32 Å². The molecule has 1 N–H and O–H groups in total. The van der Waals surface area contributed by atoms with Crippen molar-refractivity contribution in [2.45, 2.75) is 11.3 Å². The highest BCUT2D eigenvalue weighted by molar-refractivity contribution is 7.89. The molecule has 0 spiro atoms. The molecule has 8 heteroatoms. The van der Waals surface area contributed by atoms with E-state index in [4.69, 9.17) is 0 Å². The summed E-state index contributed by atoms with van der Waals surface area (Å²) >= 11 is 0. The average molecular weight is 337 g/mol. The summed E-state index contributed by atoms with van der Waals surface area (Å²) in [5, 5.41) is 3.06. The first-order chi connectivity index (χ1) is 10.9. The summed E-state index contributed by atoms with van der Waals surface area (Å²) in [6.07, 6.45) is 0.811. The second kappa shape index (κ2) is 5.70. The van der Waals surface area contributed by atoms with Gasteiger partial charge in [0.05, 0.1) is 16.0 Å². The van der Waals surface area contributed by atoms with E-state index >= 15 is 0 Å². The van der Waals surface area contributed by atoms with Gasteiger partial charge in [-0.2, -0.15) is 4.31 Å². The van der Waals surface area contributed by atoms with Gasteiger partial charge in [0.15, 0.2) is 0 Å². The van der Waals surface area contributed by atoms with Gasteiger partial charge in [-0.3, -0.25) is 14.5 Å². The molecular formula is C15H19N3O4S. The Bertz CT molecular complexity index is 775. The van der Waals surface area contributed by atoms with E-state index in [-0.39, 0.29) is 16.0 Å². The number of hydrogen-bond acceptors (Lipinski definition) is 5. The zero-order chi connectivity index (χ0) is 16.8. The maximum Gasteiger partial charge on any atom is 0.261 e. The van der Waals surface area contributed by atoms with Gasteiger partial charge >= 0.3 is 0 Å². The number of rotatable bonds is 4. The molecule has 2 heterocycles. The molecule has 1 aromatic rings. The van der Waals surface area contributed by atoms with E-state index in [9.17, 15) is 18.0 Å². The standard InChI is InChI=1S/C15H19N3O4S/c1-16-8-10-5-6-18(9-10)23(21,22)11-3-4-12-13(7-11)15(20)17(2)14(12)19/h3-4,7,10,16H,5-6,8-9H2,1-2H3. The topological polar surface area (TPSA) is 86.8 Å². The Morgan fingerprint density at radius 3 is 2.61 bits per heavy atom. The first-order valence-corrected chi connectivity index (χ1v) is 8.91. The SMILES string of the molecule is CNCC1CCN(S(=O)(=O)c2ccc3c(c2)C(=O)N(C)C3=O)C1. The van der Waals surface area contributed by atoms with Crippen LogP contribution in [0.3, 0.4) is 0 Å². The number of benzene rings is 1. The first kappa shape index (κ1) is 16.1. The van der Waals surface area contributed by atoms with Gasteiger partial charge in [-0.15, -0.1) is 0 Å². The molecule has 23 heavy (non-hydrogen) atoms. The van der Waals surface area contributed by atoms with Gasteiger partial charge in [0.25, 0.3) is 11.8 Å². The Labute approximate surface area is 135 Å². The maximum absolute atomic E-state index is 12.7. The number of imide groups is 1. The van der Waals surface area contributed by atoms with E-state index in [1.165, 1.54) is 29.6 Å². The van der Waals surface area contributed by atoms with Crippen LogP contribution in [0.15, 0.2) is 23.1 Å². The van der Waals surface area contributed by atoms with Gasteiger partial charge in [-0.05, 0) is 44.1 Å². The van der Waals surface area contributed by atoms with Crippen LogP contribution in [0.2, 0.25) is 0 Å². The number of sulfonamides is 1. The molecule has 7 nitrogen and oxygen atoms in total. The molecule has 0 aliphatic carbocycles. The van der Waals surface area contributed by atoms with E-state index in [2.05, 4.69) is 5.32 Å². The van der Waals surface area contributed by atoms with E-state index in [1.807, 2.05) is 7.05 Å². The molecule has 1 unspecified atom stereocenters. The number of hydrogen-bond donors (Lipinski definition) is 1. The molecule has 2 aliphatic rings. The fourth-order valence-corrected chi connectivity index (χ4v) is 4.68. The number of amides is 2. The molecular weight excluding hydrogens is 318 g/mol. The van der Waals surface area contributed by atoms with Crippen molar-refractivity contribution in [2.75, 3.05) is 33.7 Å². The predicted octanol–water partition coefficient (Wildman–Crippen LogP) is 0.142. The summed E-state index contributed by atoms with van der Waals surface area (Å²) in [6, 6.07) is 4.15. The fraction of sp³-hybridized carbons (Fsp3) is 0.467. The third kappa shape index (κ3) is 2.56. The predicted molar refractivity (Wildman–Crippen MR) is 83.7 cm³/mol. The largest absolute Gasteiger partial charge is 0.319 e. The van der Waals surface area contributed by atoms with Crippen molar-refractivity contribution in [3.63, 3.8) is 0 Å². The van der Waals surface area contributed by atoms with Gasteiger partial charge in [-0.25, -0.2) is 8.42 Å². The number of carbonyl (C=O) groups is 2. The summed E-state index contributed by atoms with van der Waals surface area (Å²) in [7, 11) is -0.412. The van der Waals surface area contributed by atoms with E-state index in [0.29, 0.717) is 19.0 Å². The van der Waals surface area contributed by atoms with Crippen molar-refractivity contribution in [3.05, 3.63) is 29.3 Å². The van der Waals surface area contributed by atoms with Crippen LogP contribution in [-0.2, 0) is 10.0 Å². The van der Waals surface area contributed by atoms with Crippen LogP contribution in [0.4, 0.5) is 0 Å². The lowest BCUT2D eigenvalue weighted by atomic mass is 10.1. The first-order valence-electron chi connectivity index (χ1n) is 7.47. The fourth-order valence-electron chi connectivity index (χ4n) is 3.12. The quantitative estimate of drug-likeness (QED) is 0.790. The second-order valence-corrected chi connectivity index (χ2v) is 7.89. The molecule has 1 aromatic carbocycles. The highest BCUT2D eigenvalue weighted by atomic mass is 32.2. The van der Waals surface area contributed by atoms with Crippen molar-refractivity contribution in [2.24, 2.45) is 5.92 Å². The Hall–Kier alpha value is -1.77. The van der Waals surface area contributed by atoms with Crippen LogP contribution in [-0.4, -0.2) is 63.2 Å². The number of nitrogens with zero attached hydrogens (tertiary/aromatic N) is 2. The van der Waals surface area contributed by atoms with Crippen LogP contribution in [0, 0.1) is 5.92 Å². The van der Waals surface area contributed by atoms with Crippen molar-refractivity contribution < 1.29 is 18.0 Å². The molecule has 1 fully saturated rings. The molecule has 124 valence electrons. The summed E-state index contributed by atoms with van der Waals surface area (Å²) in [6.45, 7) is 1.71. The van der Waals surface area contributed by atoms with Gasteiger partial charge in [0.2, 0.25) is 10.0 Å². The molecule has 0 bridgehead atoms. The number of fused-ring (bicyclic) bond motifs is 1. The highest BCUT2D eigenvalue weighted by Gasteiger charge is 2.36. The zero-order valence-corrected chi connectivity index (χ0v) is 13.9. The summed E-state index contributed by atoms with van der Waals surface area (Å²) in [5.41, 5.74) is 0.412.